The molecule has 0 saturated heterocycles. The number of imidazole rings is 1. The molecular weight excluding hydrogens is 312 g/mol. The molecule has 1 atom stereocenters. The van der Waals surface area contributed by atoms with Gasteiger partial charge in [0.25, 0.3) is 0 Å². The summed E-state index contributed by atoms with van der Waals surface area (Å²) in [6.07, 6.45) is -0.599. The van der Waals surface area contributed by atoms with Crippen molar-refractivity contribution in [2.24, 2.45) is 0 Å². The van der Waals surface area contributed by atoms with E-state index in [4.69, 9.17) is 4.74 Å². The van der Waals surface area contributed by atoms with E-state index in [2.05, 4.69) is 37.9 Å². The van der Waals surface area contributed by atoms with E-state index in [0.717, 1.165) is 22.6 Å². The van der Waals surface area contributed by atoms with Gasteiger partial charge in [0.15, 0.2) is 0 Å². The van der Waals surface area contributed by atoms with E-state index < -0.39 is 6.10 Å². The van der Waals surface area contributed by atoms with Crippen molar-refractivity contribution >= 4 is 11.0 Å². The first-order valence-corrected chi connectivity index (χ1v) is 8.68. The number of fused-ring (bicyclic) bond motifs is 1. The number of aryl methyl sites for hydroxylation is 1. The van der Waals surface area contributed by atoms with Crippen LogP contribution in [0.1, 0.15) is 32.2 Å². The zero-order chi connectivity index (χ0) is 18.0. The summed E-state index contributed by atoms with van der Waals surface area (Å²) in [6.45, 7) is 9.23. The number of para-hydroxylation sites is 2. The van der Waals surface area contributed by atoms with Crippen LogP contribution < -0.4 is 4.74 Å². The van der Waals surface area contributed by atoms with Gasteiger partial charge in [-0.1, -0.05) is 45.0 Å². The third-order valence-electron chi connectivity index (χ3n) is 4.40. The second-order valence-corrected chi connectivity index (χ2v) is 7.50. The van der Waals surface area contributed by atoms with E-state index in [1.807, 2.05) is 47.9 Å². The molecule has 0 unspecified atom stereocenters. The largest absolute Gasteiger partial charge is 0.491 e. The molecule has 132 valence electrons. The quantitative estimate of drug-likeness (QED) is 0.762. The van der Waals surface area contributed by atoms with E-state index in [1.165, 1.54) is 5.56 Å². The zero-order valence-electron chi connectivity index (χ0n) is 15.4. The van der Waals surface area contributed by atoms with E-state index in [-0.39, 0.29) is 12.0 Å². The number of rotatable bonds is 5. The van der Waals surface area contributed by atoms with E-state index >= 15 is 0 Å². The maximum absolute atomic E-state index is 10.4. The molecule has 4 nitrogen and oxygen atoms in total. The van der Waals surface area contributed by atoms with Crippen LogP contribution in [0.5, 0.6) is 5.75 Å². The lowest BCUT2D eigenvalue weighted by atomic mass is 9.87. The van der Waals surface area contributed by atoms with Crippen LogP contribution in [0.25, 0.3) is 11.0 Å². The fourth-order valence-electron chi connectivity index (χ4n) is 2.93. The molecule has 3 rings (SSSR count). The molecule has 1 N–H and O–H groups in total. The van der Waals surface area contributed by atoms with Crippen LogP contribution in [0.4, 0.5) is 0 Å². The summed E-state index contributed by atoms with van der Waals surface area (Å²) in [5, 5.41) is 10.4. The monoisotopic (exact) mass is 338 g/mol. The van der Waals surface area contributed by atoms with Crippen LogP contribution in [-0.4, -0.2) is 27.4 Å². The third-order valence-corrected chi connectivity index (χ3v) is 4.40. The number of ether oxygens (including phenoxy) is 1. The van der Waals surface area contributed by atoms with Gasteiger partial charge in [-0.05, 0) is 42.2 Å². The smallest absolute Gasteiger partial charge is 0.119 e. The second-order valence-electron chi connectivity index (χ2n) is 7.50. The van der Waals surface area contributed by atoms with Gasteiger partial charge in [0, 0.05) is 0 Å². The Morgan fingerprint density at radius 2 is 1.76 bits per heavy atom. The third kappa shape index (κ3) is 4.02. The van der Waals surface area contributed by atoms with E-state index in [0.29, 0.717) is 6.54 Å². The molecule has 0 fully saturated rings. The molecule has 0 spiro atoms. The average molecular weight is 338 g/mol. The molecule has 0 bridgehead atoms. The second kappa shape index (κ2) is 6.89. The highest BCUT2D eigenvalue weighted by atomic mass is 16.5. The van der Waals surface area contributed by atoms with Crippen molar-refractivity contribution in [3.63, 3.8) is 0 Å². The van der Waals surface area contributed by atoms with Crippen LogP contribution in [0.15, 0.2) is 48.5 Å². The Morgan fingerprint density at radius 3 is 2.44 bits per heavy atom. The molecule has 4 heteroatoms. The fourth-order valence-corrected chi connectivity index (χ4v) is 2.93. The highest BCUT2D eigenvalue weighted by Crippen LogP contribution is 2.24. The van der Waals surface area contributed by atoms with Crippen molar-refractivity contribution in [2.45, 2.75) is 45.8 Å². The summed E-state index contributed by atoms with van der Waals surface area (Å²) in [4.78, 5) is 4.53. The minimum absolute atomic E-state index is 0.123. The van der Waals surface area contributed by atoms with E-state index in [9.17, 15) is 5.11 Å². The lowest BCUT2D eigenvalue weighted by Crippen LogP contribution is -2.24. The predicted molar refractivity (Wildman–Crippen MR) is 101 cm³/mol. The summed E-state index contributed by atoms with van der Waals surface area (Å²) in [5.41, 5.74) is 3.37. The molecule has 0 aliphatic rings. The van der Waals surface area contributed by atoms with Gasteiger partial charge in [0.05, 0.1) is 17.6 Å². The number of nitrogens with zero attached hydrogens (tertiary/aromatic N) is 2. The molecular formula is C21H26N2O2. The Labute approximate surface area is 149 Å². The lowest BCUT2D eigenvalue weighted by molar-refractivity contribution is 0.0929. The Bertz CT molecular complexity index is 844. The van der Waals surface area contributed by atoms with Crippen molar-refractivity contribution in [3.05, 3.63) is 59.9 Å². The summed E-state index contributed by atoms with van der Waals surface area (Å²) < 4.78 is 7.79. The van der Waals surface area contributed by atoms with E-state index in [1.54, 1.807) is 0 Å². The van der Waals surface area contributed by atoms with Crippen molar-refractivity contribution in [3.8, 4) is 5.75 Å². The van der Waals surface area contributed by atoms with Crippen molar-refractivity contribution in [1.29, 1.82) is 0 Å². The zero-order valence-corrected chi connectivity index (χ0v) is 15.4. The van der Waals surface area contributed by atoms with Crippen molar-refractivity contribution in [2.75, 3.05) is 6.61 Å². The molecule has 1 aromatic heterocycles. The summed E-state index contributed by atoms with van der Waals surface area (Å²) in [7, 11) is 0. The van der Waals surface area contributed by atoms with Crippen LogP contribution >= 0.6 is 0 Å². The van der Waals surface area contributed by atoms with Crippen LogP contribution in [0, 0.1) is 6.92 Å². The number of aliphatic hydroxyl groups is 1. The first-order valence-electron chi connectivity index (χ1n) is 8.68. The summed E-state index contributed by atoms with van der Waals surface area (Å²) in [5.74, 6) is 1.68. The highest BCUT2D eigenvalue weighted by Gasteiger charge is 2.14. The SMILES string of the molecule is Cc1nc2ccccc2n1C[C@H](O)COc1ccc(C(C)(C)C)cc1. The topological polar surface area (TPSA) is 47.3 Å². The Hall–Kier alpha value is -2.33. The first kappa shape index (κ1) is 17.5. The number of benzene rings is 2. The summed E-state index contributed by atoms with van der Waals surface area (Å²) >= 11 is 0. The molecule has 3 aromatic rings. The van der Waals surface area contributed by atoms with Crippen molar-refractivity contribution in [1.82, 2.24) is 9.55 Å². The van der Waals surface area contributed by atoms with Gasteiger partial charge in [-0.3, -0.25) is 0 Å². The van der Waals surface area contributed by atoms with Gasteiger partial charge in [-0.25, -0.2) is 4.98 Å². The number of aliphatic hydroxyl groups excluding tert-OH is 1. The Morgan fingerprint density at radius 1 is 1.08 bits per heavy atom. The molecule has 1 heterocycles. The number of aromatic nitrogens is 2. The van der Waals surface area contributed by atoms with Crippen LogP contribution in [0.2, 0.25) is 0 Å². The van der Waals surface area contributed by atoms with Crippen LogP contribution in [0.3, 0.4) is 0 Å². The number of hydrogen-bond donors (Lipinski definition) is 1. The molecule has 0 saturated carbocycles. The van der Waals surface area contributed by atoms with Gasteiger partial charge in [0.2, 0.25) is 0 Å². The van der Waals surface area contributed by atoms with Crippen molar-refractivity contribution < 1.29 is 9.84 Å². The van der Waals surface area contributed by atoms with Gasteiger partial charge in [0.1, 0.15) is 24.3 Å². The lowest BCUT2D eigenvalue weighted by Gasteiger charge is -2.19. The molecule has 2 aromatic carbocycles. The minimum Gasteiger partial charge on any atom is -0.491 e. The fraction of sp³-hybridized carbons (Fsp3) is 0.381. The molecule has 25 heavy (non-hydrogen) atoms. The molecule has 0 amide bonds. The highest BCUT2D eigenvalue weighted by molar-refractivity contribution is 5.75. The normalized spacial score (nSPS) is 13.2. The molecule has 0 aliphatic heterocycles. The first-order chi connectivity index (χ1) is 11.8. The summed E-state index contributed by atoms with van der Waals surface area (Å²) in [6, 6.07) is 16.0. The predicted octanol–water partition coefficient (Wildman–Crippen LogP) is 4.08. The van der Waals surface area contributed by atoms with Gasteiger partial charge in [-0.15, -0.1) is 0 Å². The van der Waals surface area contributed by atoms with Gasteiger partial charge in [-0.2, -0.15) is 0 Å². The number of hydrogen-bond acceptors (Lipinski definition) is 3. The molecule has 0 aliphatic carbocycles. The maximum atomic E-state index is 10.4. The van der Waals surface area contributed by atoms with Crippen LogP contribution in [-0.2, 0) is 12.0 Å². The van der Waals surface area contributed by atoms with Gasteiger partial charge < -0.3 is 14.4 Å². The Balaban J connectivity index is 1.63. The maximum Gasteiger partial charge on any atom is 0.119 e. The Kier molecular flexibility index (Phi) is 4.82. The van der Waals surface area contributed by atoms with Gasteiger partial charge >= 0.3 is 0 Å². The average Bonchev–Trinajstić information content (AvgIpc) is 2.88. The standard InChI is InChI=1S/C21H26N2O2/c1-15-22-19-7-5-6-8-20(19)23(15)13-17(24)14-25-18-11-9-16(10-12-18)21(2,3)4/h5-12,17,24H,13-14H2,1-4H3/t17-/m0/s1. The molecule has 0 radical (unpaired) electrons. The minimum atomic E-state index is -0.599.